The van der Waals surface area contributed by atoms with Gasteiger partial charge in [0.2, 0.25) is 0 Å². The lowest BCUT2D eigenvalue weighted by atomic mass is 10.2. The van der Waals surface area contributed by atoms with E-state index in [4.69, 9.17) is 13.8 Å². The third-order valence-electron chi connectivity index (χ3n) is 5.08. The molecule has 0 radical (unpaired) electrons. The molecule has 0 spiro atoms. The number of nitrogens with one attached hydrogen (secondary N) is 1. The summed E-state index contributed by atoms with van der Waals surface area (Å²) in [4.78, 5) is 4.13. The third-order valence-corrected chi connectivity index (χ3v) is 8.57. The van der Waals surface area contributed by atoms with E-state index in [1.165, 1.54) is 13.2 Å². The standard InChI is InChI=1S/C26H25N2O6PS/c1-20-11-9-18-25(27-20)36(30,31)28-26(21-12-10-17-24(19-21)32-2)35(29,33-22-13-5-3-6-14-22)34-23-15-7-4-8-16-23/h3-19,26,28H,1-2H3. The van der Waals surface area contributed by atoms with Gasteiger partial charge in [-0.3, -0.25) is 0 Å². The maximum Gasteiger partial charge on any atom is 0.453 e. The number of ether oxygens (including phenoxy) is 1. The number of pyridine rings is 1. The van der Waals surface area contributed by atoms with Crippen LogP contribution in [0.4, 0.5) is 0 Å². The number of aryl methyl sites for hydroxylation is 1. The van der Waals surface area contributed by atoms with Crippen LogP contribution in [0.25, 0.3) is 0 Å². The number of rotatable bonds is 10. The van der Waals surface area contributed by atoms with Gasteiger partial charge in [-0.25, -0.2) is 18.0 Å². The van der Waals surface area contributed by atoms with E-state index in [0.29, 0.717) is 17.0 Å². The van der Waals surface area contributed by atoms with E-state index in [9.17, 15) is 13.0 Å². The van der Waals surface area contributed by atoms with E-state index in [1.54, 1.807) is 104 Å². The van der Waals surface area contributed by atoms with Crippen LogP contribution in [0.2, 0.25) is 0 Å². The van der Waals surface area contributed by atoms with Gasteiger partial charge in [0.05, 0.1) is 7.11 Å². The first kappa shape index (κ1) is 25.4. The molecule has 0 saturated heterocycles. The molecule has 1 heterocycles. The van der Waals surface area contributed by atoms with Gasteiger partial charge in [-0.2, -0.15) is 4.72 Å². The lowest BCUT2D eigenvalue weighted by Gasteiger charge is -2.28. The topological polar surface area (TPSA) is 104 Å². The van der Waals surface area contributed by atoms with Gasteiger partial charge in [0, 0.05) is 5.69 Å². The van der Waals surface area contributed by atoms with Crippen molar-refractivity contribution in [1.82, 2.24) is 9.71 Å². The van der Waals surface area contributed by atoms with E-state index in [-0.39, 0.29) is 16.5 Å². The Morgan fingerprint density at radius 1 is 0.778 bits per heavy atom. The molecule has 36 heavy (non-hydrogen) atoms. The molecule has 4 rings (SSSR count). The van der Waals surface area contributed by atoms with E-state index < -0.39 is 23.4 Å². The molecule has 8 nitrogen and oxygen atoms in total. The summed E-state index contributed by atoms with van der Waals surface area (Å²) in [5.41, 5.74) is 0.834. The summed E-state index contributed by atoms with van der Waals surface area (Å²) in [5, 5.41) is -0.221. The highest BCUT2D eigenvalue weighted by atomic mass is 32.2. The van der Waals surface area contributed by atoms with Gasteiger partial charge in [0.1, 0.15) is 17.2 Å². The Morgan fingerprint density at radius 2 is 1.33 bits per heavy atom. The summed E-state index contributed by atoms with van der Waals surface area (Å²) in [6.45, 7) is 1.68. The molecule has 1 atom stereocenters. The Bertz CT molecular complexity index is 1420. The molecule has 4 aromatic rings. The highest BCUT2D eigenvalue weighted by Gasteiger charge is 2.44. The van der Waals surface area contributed by atoms with Gasteiger partial charge in [0.15, 0.2) is 10.8 Å². The lowest BCUT2D eigenvalue weighted by molar-refractivity contribution is 0.368. The first-order valence-electron chi connectivity index (χ1n) is 11.0. The van der Waals surface area contributed by atoms with E-state index in [0.717, 1.165) is 0 Å². The normalized spacial score (nSPS) is 12.5. The Kier molecular flexibility index (Phi) is 7.74. The van der Waals surface area contributed by atoms with Gasteiger partial charge in [-0.1, -0.05) is 54.6 Å². The van der Waals surface area contributed by atoms with E-state index >= 15 is 0 Å². The molecule has 3 aromatic carbocycles. The predicted octanol–water partition coefficient (Wildman–Crippen LogP) is 5.73. The fourth-order valence-electron chi connectivity index (χ4n) is 3.38. The molecular formula is C26H25N2O6PS. The van der Waals surface area contributed by atoms with Crippen molar-refractivity contribution in [2.24, 2.45) is 0 Å². The lowest BCUT2D eigenvalue weighted by Crippen LogP contribution is -2.31. The van der Waals surface area contributed by atoms with Crippen LogP contribution in [-0.4, -0.2) is 20.5 Å². The summed E-state index contributed by atoms with van der Waals surface area (Å²) >= 11 is 0. The zero-order chi connectivity index (χ0) is 25.6. The number of methoxy groups -OCH3 is 1. The maximum atomic E-state index is 14.6. The number of aromatic nitrogens is 1. The molecule has 0 aliphatic heterocycles. The molecular weight excluding hydrogens is 499 g/mol. The van der Waals surface area contributed by atoms with Crippen LogP contribution in [0.1, 0.15) is 17.0 Å². The second kappa shape index (κ2) is 11.0. The average molecular weight is 525 g/mol. The van der Waals surface area contributed by atoms with Crippen molar-refractivity contribution in [3.05, 3.63) is 114 Å². The molecule has 0 aliphatic rings. The minimum Gasteiger partial charge on any atom is -0.497 e. The molecule has 0 aliphatic carbocycles. The minimum atomic E-state index is -4.33. The molecule has 0 saturated carbocycles. The fraction of sp³-hybridized carbons (Fsp3) is 0.115. The van der Waals surface area contributed by atoms with Crippen molar-refractivity contribution >= 4 is 17.6 Å². The first-order chi connectivity index (χ1) is 17.3. The summed E-state index contributed by atoms with van der Waals surface area (Å²) in [7, 11) is -7.10. The number of hydrogen-bond donors (Lipinski definition) is 1. The summed E-state index contributed by atoms with van der Waals surface area (Å²) in [5.74, 6) is -0.508. The van der Waals surface area contributed by atoms with E-state index in [2.05, 4.69) is 9.71 Å². The van der Waals surface area contributed by atoms with Crippen LogP contribution in [0.15, 0.2) is 108 Å². The molecule has 10 heteroatoms. The summed E-state index contributed by atoms with van der Waals surface area (Å²) in [6.07, 6.45) is 0. The van der Waals surface area contributed by atoms with Crippen LogP contribution in [0.5, 0.6) is 17.2 Å². The second-order valence-electron chi connectivity index (χ2n) is 7.77. The van der Waals surface area contributed by atoms with Crippen molar-refractivity contribution in [1.29, 1.82) is 0 Å². The zero-order valence-electron chi connectivity index (χ0n) is 19.6. The second-order valence-corrected chi connectivity index (χ2v) is 11.4. The van der Waals surface area contributed by atoms with Crippen molar-refractivity contribution < 1.29 is 26.8 Å². The quantitative estimate of drug-likeness (QED) is 0.264. The third kappa shape index (κ3) is 6.12. The number of hydrogen-bond acceptors (Lipinski definition) is 7. The van der Waals surface area contributed by atoms with E-state index in [1.807, 2.05) is 0 Å². The van der Waals surface area contributed by atoms with Crippen LogP contribution in [0.3, 0.4) is 0 Å². The molecule has 1 unspecified atom stereocenters. The van der Waals surface area contributed by atoms with Crippen LogP contribution < -0.4 is 18.5 Å². The Balaban J connectivity index is 1.86. The van der Waals surface area contributed by atoms with Crippen LogP contribution in [0, 0.1) is 6.92 Å². The van der Waals surface area contributed by atoms with Crippen molar-refractivity contribution in [2.45, 2.75) is 17.7 Å². The van der Waals surface area contributed by atoms with Crippen molar-refractivity contribution in [3.8, 4) is 17.2 Å². The number of nitrogens with zero attached hydrogens (tertiary/aromatic N) is 1. The first-order valence-corrected chi connectivity index (χ1v) is 14.1. The highest BCUT2D eigenvalue weighted by Crippen LogP contribution is 2.59. The summed E-state index contributed by atoms with van der Waals surface area (Å²) in [6, 6.07) is 28.0. The summed E-state index contributed by atoms with van der Waals surface area (Å²) < 4.78 is 61.2. The highest BCUT2D eigenvalue weighted by molar-refractivity contribution is 7.89. The Hall–Kier alpha value is -3.65. The van der Waals surface area contributed by atoms with Gasteiger partial charge >= 0.3 is 7.60 Å². The SMILES string of the molecule is COc1cccc(C(NS(=O)(=O)c2cccc(C)n2)P(=O)(Oc2ccccc2)Oc2ccccc2)c1. The fourth-order valence-corrected chi connectivity index (χ4v) is 6.99. The smallest absolute Gasteiger partial charge is 0.453 e. The largest absolute Gasteiger partial charge is 0.497 e. The Labute approximate surface area is 210 Å². The molecule has 1 aromatic heterocycles. The van der Waals surface area contributed by atoms with Gasteiger partial charge in [-0.15, -0.1) is 0 Å². The molecule has 0 bridgehead atoms. The average Bonchev–Trinajstić information content (AvgIpc) is 2.88. The van der Waals surface area contributed by atoms with Gasteiger partial charge in [0.25, 0.3) is 10.0 Å². The van der Waals surface area contributed by atoms with Gasteiger partial charge in [-0.05, 0) is 61.0 Å². The minimum absolute atomic E-state index is 0.221. The van der Waals surface area contributed by atoms with Crippen LogP contribution >= 0.6 is 7.60 Å². The van der Waals surface area contributed by atoms with Gasteiger partial charge < -0.3 is 13.8 Å². The number of benzene rings is 3. The van der Waals surface area contributed by atoms with Crippen molar-refractivity contribution in [3.63, 3.8) is 0 Å². The number of sulfonamides is 1. The zero-order valence-corrected chi connectivity index (χ0v) is 21.4. The van der Waals surface area contributed by atoms with Crippen molar-refractivity contribution in [2.75, 3.05) is 7.11 Å². The molecule has 186 valence electrons. The monoisotopic (exact) mass is 524 g/mol. The molecule has 0 fully saturated rings. The Morgan fingerprint density at radius 3 is 1.89 bits per heavy atom. The van der Waals surface area contributed by atoms with Crippen LogP contribution in [-0.2, 0) is 14.6 Å². The maximum absolute atomic E-state index is 14.6. The predicted molar refractivity (Wildman–Crippen MR) is 137 cm³/mol. The molecule has 0 amide bonds. The number of para-hydroxylation sites is 2. The molecule has 1 N–H and O–H groups in total.